The molecule has 3 heterocycles. The summed E-state index contributed by atoms with van der Waals surface area (Å²) in [7, 11) is 0. The number of aromatic nitrogens is 5. The lowest BCUT2D eigenvalue weighted by molar-refractivity contribution is -0.124. The van der Waals surface area contributed by atoms with Crippen molar-refractivity contribution in [1.82, 2.24) is 30.3 Å². The van der Waals surface area contributed by atoms with Crippen molar-refractivity contribution in [2.75, 3.05) is 0 Å². The zero-order chi connectivity index (χ0) is 21.8. The van der Waals surface area contributed by atoms with Gasteiger partial charge >= 0.3 is 5.97 Å². The Morgan fingerprint density at radius 1 is 1.16 bits per heavy atom. The summed E-state index contributed by atoms with van der Waals surface area (Å²) < 4.78 is 1.43. The van der Waals surface area contributed by atoms with E-state index in [0.29, 0.717) is 17.8 Å². The molecular formula is C21H18N6O3S. The molecule has 0 spiro atoms. The third-order valence-corrected chi connectivity index (χ3v) is 5.45. The molecule has 0 aliphatic rings. The lowest BCUT2D eigenvalue weighted by atomic mass is 10.2. The molecule has 0 aliphatic heterocycles. The maximum atomic E-state index is 12.6. The van der Waals surface area contributed by atoms with E-state index < -0.39 is 12.0 Å². The summed E-state index contributed by atoms with van der Waals surface area (Å²) in [5.74, 6) is -1.35. The Morgan fingerprint density at radius 3 is 2.74 bits per heavy atom. The van der Waals surface area contributed by atoms with Crippen LogP contribution >= 0.6 is 11.3 Å². The van der Waals surface area contributed by atoms with Crippen LogP contribution in [0.4, 0.5) is 0 Å². The molecule has 1 amide bonds. The Balaban J connectivity index is 1.40. The minimum Gasteiger partial charge on any atom is -0.477 e. The van der Waals surface area contributed by atoms with Gasteiger partial charge in [-0.05, 0) is 19.1 Å². The van der Waals surface area contributed by atoms with Crippen molar-refractivity contribution < 1.29 is 14.7 Å². The molecular weight excluding hydrogens is 416 g/mol. The average molecular weight is 434 g/mol. The zero-order valence-electron chi connectivity index (χ0n) is 16.5. The van der Waals surface area contributed by atoms with Gasteiger partial charge in [-0.3, -0.25) is 4.79 Å². The first-order chi connectivity index (χ1) is 15.0. The molecule has 0 radical (unpaired) electrons. The average Bonchev–Trinajstić information content (AvgIpc) is 3.48. The first-order valence-electron chi connectivity index (χ1n) is 9.40. The molecule has 0 saturated carbocycles. The third kappa shape index (κ3) is 4.64. The number of amides is 1. The van der Waals surface area contributed by atoms with Crippen molar-refractivity contribution in [1.29, 1.82) is 0 Å². The smallest absolute Gasteiger partial charge is 0.354 e. The van der Waals surface area contributed by atoms with Gasteiger partial charge in [0.05, 0.1) is 18.4 Å². The molecule has 3 aromatic heterocycles. The number of pyridine rings is 1. The molecule has 0 aliphatic carbocycles. The summed E-state index contributed by atoms with van der Waals surface area (Å²) in [6.07, 6.45) is 2.99. The number of carbonyl (C=O) groups is 2. The van der Waals surface area contributed by atoms with E-state index in [2.05, 4.69) is 25.6 Å². The molecule has 1 atom stereocenters. The molecule has 0 bridgehead atoms. The van der Waals surface area contributed by atoms with Gasteiger partial charge in [0, 0.05) is 22.7 Å². The van der Waals surface area contributed by atoms with Crippen molar-refractivity contribution >= 4 is 23.2 Å². The van der Waals surface area contributed by atoms with Gasteiger partial charge in [0.25, 0.3) is 0 Å². The molecule has 0 fully saturated rings. The molecule has 0 unspecified atom stereocenters. The highest BCUT2D eigenvalue weighted by molar-refractivity contribution is 7.09. The SMILES string of the molecule is C[C@@H](C(=O)NCc1nc(-c2ccccc2)cs1)n1cc(-c2ccnc(C(=O)O)c2)nn1. The van der Waals surface area contributed by atoms with Crippen molar-refractivity contribution in [2.24, 2.45) is 0 Å². The predicted molar refractivity (Wildman–Crippen MR) is 114 cm³/mol. The molecule has 1 aromatic carbocycles. The fourth-order valence-electron chi connectivity index (χ4n) is 2.87. The second-order valence-electron chi connectivity index (χ2n) is 6.70. The summed E-state index contributed by atoms with van der Waals surface area (Å²) in [6, 6.07) is 12.3. The van der Waals surface area contributed by atoms with Gasteiger partial charge in [-0.2, -0.15) is 0 Å². The van der Waals surface area contributed by atoms with Gasteiger partial charge < -0.3 is 10.4 Å². The van der Waals surface area contributed by atoms with Crippen LogP contribution in [-0.2, 0) is 11.3 Å². The van der Waals surface area contributed by atoms with Gasteiger partial charge in [-0.25, -0.2) is 19.4 Å². The Hall–Kier alpha value is -3.92. The van der Waals surface area contributed by atoms with Crippen LogP contribution in [0.3, 0.4) is 0 Å². The lowest BCUT2D eigenvalue weighted by Gasteiger charge is -2.10. The molecule has 2 N–H and O–H groups in total. The van der Waals surface area contributed by atoms with E-state index in [9.17, 15) is 9.59 Å². The fraction of sp³-hybridized carbons (Fsp3) is 0.143. The standard InChI is InChI=1S/C21H18N6O3S/c1-13(27-11-17(25-26-27)15-7-8-22-16(9-15)21(29)30)20(28)23-10-19-24-18(12-31-19)14-5-3-2-4-6-14/h2-9,11-13H,10H2,1H3,(H,23,28)(H,29,30)/t13-/m0/s1. The molecule has 10 heteroatoms. The van der Waals surface area contributed by atoms with Crippen LogP contribution in [-0.4, -0.2) is 41.9 Å². The van der Waals surface area contributed by atoms with Crippen LogP contribution < -0.4 is 5.32 Å². The number of nitrogens with one attached hydrogen (secondary N) is 1. The molecule has 156 valence electrons. The minimum absolute atomic E-state index is 0.0869. The van der Waals surface area contributed by atoms with Crippen molar-refractivity contribution in [3.05, 3.63) is 70.9 Å². The first-order valence-corrected chi connectivity index (χ1v) is 10.3. The van der Waals surface area contributed by atoms with Crippen molar-refractivity contribution in [3.8, 4) is 22.5 Å². The quantitative estimate of drug-likeness (QED) is 0.458. The Morgan fingerprint density at radius 2 is 1.97 bits per heavy atom. The fourth-order valence-corrected chi connectivity index (χ4v) is 3.61. The first kappa shape index (κ1) is 20.4. The van der Waals surface area contributed by atoms with E-state index in [1.807, 2.05) is 35.7 Å². The number of carboxylic acids is 1. The molecule has 9 nitrogen and oxygen atoms in total. The molecule has 0 saturated heterocycles. The Bertz CT molecular complexity index is 1220. The number of benzene rings is 1. The third-order valence-electron chi connectivity index (χ3n) is 4.60. The predicted octanol–water partition coefficient (Wildman–Crippen LogP) is 3.04. The number of nitrogens with zero attached hydrogens (tertiary/aromatic N) is 5. The van der Waals surface area contributed by atoms with Crippen LogP contribution in [0.25, 0.3) is 22.5 Å². The van der Waals surface area contributed by atoms with Crippen LogP contribution in [0.1, 0.15) is 28.5 Å². The summed E-state index contributed by atoms with van der Waals surface area (Å²) in [5, 5.41) is 22.8. The number of hydrogen-bond donors (Lipinski definition) is 2. The number of hydrogen-bond acceptors (Lipinski definition) is 7. The van der Waals surface area contributed by atoms with Gasteiger partial charge in [0.15, 0.2) is 0 Å². The van der Waals surface area contributed by atoms with Crippen LogP contribution in [0.5, 0.6) is 0 Å². The zero-order valence-corrected chi connectivity index (χ0v) is 17.3. The summed E-state index contributed by atoms with van der Waals surface area (Å²) in [6.45, 7) is 2.02. The monoisotopic (exact) mass is 434 g/mol. The molecule has 4 rings (SSSR count). The summed E-state index contributed by atoms with van der Waals surface area (Å²) in [4.78, 5) is 32.0. The van der Waals surface area contributed by atoms with E-state index in [1.54, 1.807) is 19.2 Å². The highest BCUT2D eigenvalue weighted by atomic mass is 32.1. The normalized spacial score (nSPS) is 11.8. The number of rotatable bonds is 7. The van der Waals surface area contributed by atoms with Gasteiger partial charge in [-0.1, -0.05) is 35.5 Å². The van der Waals surface area contributed by atoms with E-state index in [4.69, 9.17) is 5.11 Å². The van der Waals surface area contributed by atoms with Crippen LogP contribution in [0.2, 0.25) is 0 Å². The second kappa shape index (κ2) is 8.84. The lowest BCUT2D eigenvalue weighted by Crippen LogP contribution is -2.30. The van der Waals surface area contributed by atoms with E-state index >= 15 is 0 Å². The second-order valence-corrected chi connectivity index (χ2v) is 7.65. The van der Waals surface area contributed by atoms with Crippen molar-refractivity contribution in [3.63, 3.8) is 0 Å². The molecule has 4 aromatic rings. The Kier molecular flexibility index (Phi) is 5.80. The highest BCUT2D eigenvalue weighted by Gasteiger charge is 2.18. The maximum Gasteiger partial charge on any atom is 0.354 e. The van der Waals surface area contributed by atoms with E-state index in [0.717, 1.165) is 16.3 Å². The summed E-state index contributed by atoms with van der Waals surface area (Å²) in [5.41, 5.74) is 2.83. The largest absolute Gasteiger partial charge is 0.477 e. The van der Waals surface area contributed by atoms with Crippen molar-refractivity contribution in [2.45, 2.75) is 19.5 Å². The van der Waals surface area contributed by atoms with Crippen LogP contribution in [0.15, 0.2) is 60.2 Å². The van der Waals surface area contributed by atoms with Gasteiger partial charge in [0.2, 0.25) is 5.91 Å². The van der Waals surface area contributed by atoms with Gasteiger partial charge in [0.1, 0.15) is 22.4 Å². The van der Waals surface area contributed by atoms with Crippen LogP contribution in [0, 0.1) is 0 Å². The summed E-state index contributed by atoms with van der Waals surface area (Å²) >= 11 is 1.48. The number of carboxylic acid groups (broad SMARTS) is 1. The topological polar surface area (TPSA) is 123 Å². The Labute approximate surface area is 181 Å². The van der Waals surface area contributed by atoms with Gasteiger partial charge in [-0.15, -0.1) is 16.4 Å². The number of carbonyl (C=O) groups excluding carboxylic acids is 1. The minimum atomic E-state index is -1.13. The maximum absolute atomic E-state index is 12.6. The number of thiazole rings is 1. The van der Waals surface area contributed by atoms with E-state index in [1.165, 1.54) is 28.3 Å². The molecule has 31 heavy (non-hydrogen) atoms. The highest BCUT2D eigenvalue weighted by Crippen LogP contribution is 2.22. The number of aromatic carboxylic acids is 1. The van der Waals surface area contributed by atoms with E-state index in [-0.39, 0.29) is 11.6 Å².